The zero-order valence-corrected chi connectivity index (χ0v) is 13.4. The number of likely N-dealkylation sites (N-methyl/N-ethyl adjacent to an activating group) is 1. The second-order valence-corrected chi connectivity index (χ2v) is 6.27. The van der Waals surface area contributed by atoms with Crippen LogP contribution in [0.2, 0.25) is 0 Å². The summed E-state index contributed by atoms with van der Waals surface area (Å²) in [5.74, 6) is 0.778. The van der Waals surface area contributed by atoms with Gasteiger partial charge in [-0.15, -0.1) is 0 Å². The van der Waals surface area contributed by atoms with Gasteiger partial charge < -0.3 is 9.64 Å². The maximum atomic E-state index is 12.7. The van der Waals surface area contributed by atoms with E-state index in [0.29, 0.717) is 11.8 Å². The van der Waals surface area contributed by atoms with Crippen molar-refractivity contribution in [3.63, 3.8) is 0 Å². The van der Waals surface area contributed by atoms with Gasteiger partial charge in [0.15, 0.2) is 0 Å². The van der Waals surface area contributed by atoms with Crippen LogP contribution in [0.15, 0.2) is 30.3 Å². The number of ether oxygens (including phenoxy) is 1. The number of likely N-dealkylation sites (tertiary alicyclic amines) is 1. The van der Waals surface area contributed by atoms with Crippen molar-refractivity contribution in [2.75, 3.05) is 45.9 Å². The number of carbonyl (C=O) groups excluding carboxylic acids is 1. The molecule has 2 aliphatic rings. The Hall–Kier alpha value is -1.39. The third-order valence-electron chi connectivity index (χ3n) is 4.96. The molecule has 22 heavy (non-hydrogen) atoms. The second-order valence-electron chi connectivity index (χ2n) is 6.27. The molecule has 2 saturated heterocycles. The van der Waals surface area contributed by atoms with Crippen LogP contribution in [0.5, 0.6) is 0 Å². The molecule has 2 fully saturated rings. The van der Waals surface area contributed by atoms with E-state index in [1.165, 1.54) is 5.56 Å². The van der Waals surface area contributed by atoms with Gasteiger partial charge in [0, 0.05) is 26.2 Å². The molecule has 0 N–H and O–H groups in total. The van der Waals surface area contributed by atoms with Crippen molar-refractivity contribution in [3.05, 3.63) is 35.9 Å². The smallest absolute Gasteiger partial charge is 0.230 e. The summed E-state index contributed by atoms with van der Waals surface area (Å²) in [5, 5.41) is 0. The minimum absolute atomic E-state index is 0.0437. The van der Waals surface area contributed by atoms with Crippen molar-refractivity contribution in [1.82, 2.24) is 9.80 Å². The lowest BCUT2D eigenvalue weighted by molar-refractivity contribution is -0.128. The molecular weight excluding hydrogens is 276 g/mol. The van der Waals surface area contributed by atoms with Crippen molar-refractivity contribution in [2.45, 2.75) is 19.3 Å². The third kappa shape index (κ3) is 3.33. The van der Waals surface area contributed by atoms with E-state index >= 15 is 0 Å². The zero-order valence-electron chi connectivity index (χ0n) is 13.4. The van der Waals surface area contributed by atoms with E-state index in [2.05, 4.69) is 24.0 Å². The average Bonchev–Trinajstić information content (AvgIpc) is 2.90. The maximum Gasteiger partial charge on any atom is 0.230 e. The fourth-order valence-electron chi connectivity index (χ4n) is 3.67. The number of benzene rings is 1. The lowest BCUT2D eigenvalue weighted by Crippen LogP contribution is -2.37. The number of carbonyl (C=O) groups is 1. The summed E-state index contributed by atoms with van der Waals surface area (Å²) < 4.78 is 5.41. The Balaban J connectivity index is 1.68. The molecule has 2 atom stereocenters. The molecule has 0 bridgehead atoms. The van der Waals surface area contributed by atoms with Crippen LogP contribution in [0, 0.1) is 5.92 Å². The predicted molar refractivity (Wildman–Crippen MR) is 86.8 cm³/mol. The summed E-state index contributed by atoms with van der Waals surface area (Å²) in [4.78, 5) is 17.2. The fourth-order valence-corrected chi connectivity index (χ4v) is 3.67. The van der Waals surface area contributed by atoms with Crippen LogP contribution < -0.4 is 0 Å². The van der Waals surface area contributed by atoms with Crippen molar-refractivity contribution >= 4 is 5.91 Å². The first-order valence-electron chi connectivity index (χ1n) is 8.43. The number of rotatable bonds is 5. The predicted octanol–water partition coefficient (Wildman–Crippen LogP) is 1.97. The van der Waals surface area contributed by atoms with Crippen LogP contribution in [-0.4, -0.2) is 61.6 Å². The van der Waals surface area contributed by atoms with Gasteiger partial charge in [-0.25, -0.2) is 0 Å². The first-order valence-corrected chi connectivity index (χ1v) is 8.43. The van der Waals surface area contributed by atoms with Crippen LogP contribution >= 0.6 is 0 Å². The fraction of sp³-hybridized carbons (Fsp3) is 0.611. The molecule has 0 saturated carbocycles. The van der Waals surface area contributed by atoms with E-state index in [1.807, 2.05) is 23.1 Å². The van der Waals surface area contributed by atoms with E-state index in [4.69, 9.17) is 4.74 Å². The molecule has 4 heteroatoms. The Labute approximate surface area is 133 Å². The van der Waals surface area contributed by atoms with Crippen LogP contribution in [-0.2, 0) is 9.53 Å². The van der Waals surface area contributed by atoms with Gasteiger partial charge >= 0.3 is 0 Å². The number of nitrogens with zero attached hydrogens (tertiary/aromatic N) is 2. The molecule has 2 heterocycles. The van der Waals surface area contributed by atoms with Gasteiger partial charge in [0.2, 0.25) is 5.91 Å². The van der Waals surface area contributed by atoms with Crippen LogP contribution in [0.1, 0.15) is 24.8 Å². The molecule has 0 unspecified atom stereocenters. The number of hydrogen-bond acceptors (Lipinski definition) is 3. The second kappa shape index (κ2) is 7.25. The number of amides is 1. The first kappa shape index (κ1) is 15.5. The summed E-state index contributed by atoms with van der Waals surface area (Å²) in [6.07, 6.45) is 1.09. The van der Waals surface area contributed by atoms with E-state index in [0.717, 1.165) is 52.4 Å². The topological polar surface area (TPSA) is 32.8 Å². The molecule has 4 nitrogen and oxygen atoms in total. The Morgan fingerprint density at radius 3 is 2.59 bits per heavy atom. The van der Waals surface area contributed by atoms with Crippen LogP contribution in [0.4, 0.5) is 0 Å². The van der Waals surface area contributed by atoms with Crippen molar-refractivity contribution < 1.29 is 9.53 Å². The molecule has 1 aromatic rings. The van der Waals surface area contributed by atoms with Gasteiger partial charge in [-0.05, 0) is 31.4 Å². The summed E-state index contributed by atoms with van der Waals surface area (Å²) in [6, 6.07) is 10.3. The molecular formula is C18H26N2O2. The van der Waals surface area contributed by atoms with Gasteiger partial charge in [-0.3, -0.25) is 9.69 Å². The van der Waals surface area contributed by atoms with Gasteiger partial charge in [0.05, 0.1) is 19.1 Å². The Morgan fingerprint density at radius 2 is 1.91 bits per heavy atom. The highest BCUT2D eigenvalue weighted by atomic mass is 16.5. The normalized spacial score (nSPS) is 26.6. The molecule has 1 amide bonds. The summed E-state index contributed by atoms with van der Waals surface area (Å²) in [7, 11) is 0. The Kier molecular flexibility index (Phi) is 5.11. The van der Waals surface area contributed by atoms with Crippen molar-refractivity contribution in [2.24, 2.45) is 5.92 Å². The molecule has 3 rings (SSSR count). The van der Waals surface area contributed by atoms with Gasteiger partial charge in [0.1, 0.15) is 0 Å². The highest BCUT2D eigenvalue weighted by molar-refractivity contribution is 5.86. The van der Waals surface area contributed by atoms with Gasteiger partial charge in [-0.2, -0.15) is 0 Å². The largest absolute Gasteiger partial charge is 0.379 e. The van der Waals surface area contributed by atoms with Crippen LogP contribution in [0.25, 0.3) is 0 Å². The Morgan fingerprint density at radius 1 is 1.18 bits per heavy atom. The van der Waals surface area contributed by atoms with Crippen molar-refractivity contribution in [1.29, 1.82) is 0 Å². The van der Waals surface area contributed by atoms with E-state index < -0.39 is 0 Å². The Bertz CT molecular complexity index is 485. The average molecular weight is 302 g/mol. The standard InChI is InChI=1S/C18H26N2O2/c1-2-20-14-16(8-9-19-10-12-22-13-11-19)17(18(20)21)15-6-4-3-5-7-15/h3-7,16-17H,2,8-14H2,1H3/t16-,17-/m0/s1. The molecule has 0 aromatic heterocycles. The molecule has 1 aromatic carbocycles. The first-order chi connectivity index (χ1) is 10.8. The number of morpholine rings is 1. The minimum Gasteiger partial charge on any atom is -0.379 e. The molecule has 2 aliphatic heterocycles. The SMILES string of the molecule is CCN1C[C@H](CCN2CCOCC2)[C@H](c2ccccc2)C1=O. The molecule has 0 radical (unpaired) electrons. The van der Waals surface area contributed by atoms with Crippen LogP contribution in [0.3, 0.4) is 0 Å². The third-order valence-corrected chi connectivity index (χ3v) is 4.96. The molecule has 0 spiro atoms. The van der Waals surface area contributed by atoms with Gasteiger partial charge in [-0.1, -0.05) is 30.3 Å². The monoisotopic (exact) mass is 302 g/mol. The summed E-state index contributed by atoms with van der Waals surface area (Å²) in [5.41, 5.74) is 1.18. The summed E-state index contributed by atoms with van der Waals surface area (Å²) in [6.45, 7) is 8.59. The van der Waals surface area contributed by atoms with E-state index in [9.17, 15) is 4.79 Å². The molecule has 120 valence electrons. The van der Waals surface area contributed by atoms with Crippen molar-refractivity contribution in [3.8, 4) is 0 Å². The minimum atomic E-state index is 0.0437. The zero-order chi connectivity index (χ0) is 15.4. The molecule has 0 aliphatic carbocycles. The lowest BCUT2D eigenvalue weighted by atomic mass is 9.86. The van der Waals surface area contributed by atoms with E-state index in [-0.39, 0.29) is 5.92 Å². The highest BCUT2D eigenvalue weighted by Gasteiger charge is 2.40. The maximum absolute atomic E-state index is 12.7. The highest BCUT2D eigenvalue weighted by Crippen LogP contribution is 2.35. The number of hydrogen-bond donors (Lipinski definition) is 0. The quantitative estimate of drug-likeness (QED) is 0.834. The lowest BCUT2D eigenvalue weighted by Gasteiger charge is -2.28. The van der Waals surface area contributed by atoms with Gasteiger partial charge in [0.25, 0.3) is 0 Å². The summed E-state index contributed by atoms with van der Waals surface area (Å²) >= 11 is 0. The van der Waals surface area contributed by atoms with E-state index in [1.54, 1.807) is 0 Å².